The van der Waals surface area contributed by atoms with E-state index in [1.807, 2.05) is 43.3 Å². The van der Waals surface area contributed by atoms with Crippen LogP contribution in [-0.2, 0) is 18.3 Å². The monoisotopic (exact) mass is 348 g/mol. The maximum atomic E-state index is 12.1. The van der Waals surface area contributed by atoms with Gasteiger partial charge >= 0.3 is 0 Å². The zero-order chi connectivity index (χ0) is 18.4. The lowest BCUT2D eigenvalue weighted by Gasteiger charge is -2.17. The van der Waals surface area contributed by atoms with Gasteiger partial charge in [-0.2, -0.15) is 5.10 Å². The predicted molar refractivity (Wildman–Crippen MR) is 101 cm³/mol. The van der Waals surface area contributed by atoms with Crippen molar-refractivity contribution in [2.24, 2.45) is 12.8 Å². The number of amides is 1. The standard InChI is InChI=1S/C20H20N4O2/c1-11-8-14(25)9-13-4-3-5-15(18(13)22-11)12-6-7-17-16(10-12)19(20(21)26)23-24(17)2/h3-7,10-11,22H,8-9H2,1-2H3,(H2,21,26)/t11-/m1/s1. The molecule has 4 rings (SSSR count). The normalized spacial score (nSPS) is 16.8. The van der Waals surface area contributed by atoms with Crippen molar-refractivity contribution in [3.63, 3.8) is 0 Å². The Kier molecular flexibility index (Phi) is 3.76. The number of para-hydroxylation sites is 1. The first-order valence-electron chi connectivity index (χ1n) is 8.61. The molecule has 1 atom stereocenters. The third-order valence-corrected chi connectivity index (χ3v) is 4.86. The fourth-order valence-corrected chi connectivity index (χ4v) is 3.70. The van der Waals surface area contributed by atoms with Crippen molar-refractivity contribution in [2.75, 3.05) is 5.32 Å². The minimum absolute atomic E-state index is 0.0770. The number of nitrogens with two attached hydrogens (primary N) is 1. The highest BCUT2D eigenvalue weighted by atomic mass is 16.1. The van der Waals surface area contributed by atoms with E-state index in [1.54, 1.807) is 11.7 Å². The number of fused-ring (bicyclic) bond motifs is 2. The van der Waals surface area contributed by atoms with Crippen LogP contribution in [0.3, 0.4) is 0 Å². The number of ketones is 1. The quantitative estimate of drug-likeness (QED) is 0.745. The van der Waals surface area contributed by atoms with Crippen molar-refractivity contribution in [3.05, 3.63) is 47.7 Å². The zero-order valence-electron chi connectivity index (χ0n) is 14.7. The van der Waals surface area contributed by atoms with Crippen LogP contribution < -0.4 is 11.1 Å². The molecule has 26 heavy (non-hydrogen) atoms. The maximum absolute atomic E-state index is 12.1. The highest BCUT2D eigenvalue weighted by molar-refractivity contribution is 6.05. The van der Waals surface area contributed by atoms with Crippen molar-refractivity contribution in [2.45, 2.75) is 25.8 Å². The van der Waals surface area contributed by atoms with E-state index in [0.717, 1.165) is 33.3 Å². The molecular weight excluding hydrogens is 328 g/mol. The molecular formula is C20H20N4O2. The number of Topliss-reactive ketones (excluding diaryl/α,β-unsaturated/α-hetero) is 1. The molecule has 2 aromatic carbocycles. The first kappa shape index (κ1) is 16.3. The number of primary amides is 1. The van der Waals surface area contributed by atoms with Gasteiger partial charge in [-0.15, -0.1) is 0 Å². The summed E-state index contributed by atoms with van der Waals surface area (Å²) >= 11 is 0. The Morgan fingerprint density at radius 1 is 1.31 bits per heavy atom. The predicted octanol–water partition coefficient (Wildman–Crippen LogP) is 2.65. The van der Waals surface area contributed by atoms with Crippen molar-refractivity contribution in [1.29, 1.82) is 0 Å². The minimum atomic E-state index is -0.544. The van der Waals surface area contributed by atoms with Gasteiger partial charge in [-0.25, -0.2) is 0 Å². The zero-order valence-corrected chi connectivity index (χ0v) is 14.7. The van der Waals surface area contributed by atoms with E-state index in [-0.39, 0.29) is 17.5 Å². The molecule has 132 valence electrons. The van der Waals surface area contributed by atoms with Crippen molar-refractivity contribution in [3.8, 4) is 11.1 Å². The number of aryl methyl sites for hydroxylation is 1. The SMILES string of the molecule is C[C@@H]1CC(=O)Cc2cccc(-c3ccc4c(c3)c(C(N)=O)nn4C)c2N1. The number of nitrogens with zero attached hydrogens (tertiary/aromatic N) is 2. The smallest absolute Gasteiger partial charge is 0.269 e. The average molecular weight is 348 g/mol. The molecule has 1 aromatic heterocycles. The Balaban J connectivity index is 1.91. The summed E-state index contributed by atoms with van der Waals surface area (Å²) in [4.78, 5) is 23.8. The topological polar surface area (TPSA) is 90.0 Å². The molecule has 1 amide bonds. The van der Waals surface area contributed by atoms with Gasteiger partial charge in [0.15, 0.2) is 5.69 Å². The van der Waals surface area contributed by atoms with Crippen molar-refractivity contribution < 1.29 is 9.59 Å². The van der Waals surface area contributed by atoms with E-state index in [0.29, 0.717) is 12.8 Å². The van der Waals surface area contributed by atoms with Crippen LogP contribution in [0.25, 0.3) is 22.0 Å². The Labute approximate surface area is 151 Å². The van der Waals surface area contributed by atoms with Crippen molar-refractivity contribution >= 4 is 28.3 Å². The van der Waals surface area contributed by atoms with E-state index < -0.39 is 5.91 Å². The fraction of sp³-hybridized carbons (Fsp3) is 0.250. The second-order valence-corrected chi connectivity index (χ2v) is 6.87. The number of rotatable bonds is 2. The van der Waals surface area contributed by atoms with Crippen LogP contribution >= 0.6 is 0 Å². The van der Waals surface area contributed by atoms with Gasteiger partial charge in [-0.1, -0.05) is 24.3 Å². The van der Waals surface area contributed by atoms with Crippen LogP contribution in [0.5, 0.6) is 0 Å². The van der Waals surface area contributed by atoms with Gasteiger partial charge in [0.2, 0.25) is 0 Å². The van der Waals surface area contributed by atoms with Crippen LogP contribution in [-0.4, -0.2) is 27.5 Å². The molecule has 3 N–H and O–H groups in total. The van der Waals surface area contributed by atoms with Crippen LogP contribution in [0.4, 0.5) is 5.69 Å². The van der Waals surface area contributed by atoms with E-state index in [2.05, 4.69) is 10.4 Å². The summed E-state index contributed by atoms with van der Waals surface area (Å²) in [6.45, 7) is 2.01. The molecule has 0 spiro atoms. The Morgan fingerprint density at radius 3 is 2.88 bits per heavy atom. The molecule has 6 heteroatoms. The van der Waals surface area contributed by atoms with Gasteiger partial charge in [0.05, 0.1) is 5.52 Å². The number of benzene rings is 2. The molecule has 3 aromatic rings. The summed E-state index contributed by atoms with van der Waals surface area (Å²) in [5, 5.41) is 8.44. The summed E-state index contributed by atoms with van der Waals surface area (Å²) in [6.07, 6.45) is 0.948. The molecule has 0 fully saturated rings. The van der Waals surface area contributed by atoms with Crippen LogP contribution in [0.2, 0.25) is 0 Å². The Morgan fingerprint density at radius 2 is 2.12 bits per heavy atom. The highest BCUT2D eigenvalue weighted by Gasteiger charge is 2.21. The lowest BCUT2D eigenvalue weighted by molar-refractivity contribution is -0.118. The second-order valence-electron chi connectivity index (χ2n) is 6.87. The van der Waals surface area contributed by atoms with E-state index in [4.69, 9.17) is 5.73 Å². The summed E-state index contributed by atoms with van der Waals surface area (Å²) < 4.78 is 1.66. The number of hydrogen-bond acceptors (Lipinski definition) is 4. The largest absolute Gasteiger partial charge is 0.381 e. The third-order valence-electron chi connectivity index (χ3n) is 4.86. The minimum Gasteiger partial charge on any atom is -0.381 e. The number of hydrogen-bond donors (Lipinski definition) is 2. The number of nitrogens with one attached hydrogen (secondary N) is 1. The molecule has 0 unspecified atom stereocenters. The molecule has 0 saturated heterocycles. The van der Waals surface area contributed by atoms with E-state index in [9.17, 15) is 9.59 Å². The Hall–Kier alpha value is -3.15. The molecule has 0 radical (unpaired) electrons. The van der Waals surface area contributed by atoms with Crippen molar-refractivity contribution in [1.82, 2.24) is 9.78 Å². The maximum Gasteiger partial charge on any atom is 0.269 e. The molecule has 2 heterocycles. The lowest BCUT2D eigenvalue weighted by Crippen LogP contribution is -2.17. The van der Waals surface area contributed by atoms with Crippen LogP contribution in [0.15, 0.2) is 36.4 Å². The second kappa shape index (κ2) is 5.98. The summed E-state index contributed by atoms with van der Waals surface area (Å²) in [5.41, 5.74) is 10.5. The molecule has 1 aliphatic rings. The highest BCUT2D eigenvalue weighted by Crippen LogP contribution is 2.35. The summed E-state index contributed by atoms with van der Waals surface area (Å²) in [7, 11) is 1.79. The lowest BCUT2D eigenvalue weighted by atomic mass is 9.97. The van der Waals surface area contributed by atoms with Gasteiger partial charge in [0.1, 0.15) is 5.78 Å². The number of anilines is 1. The first-order valence-corrected chi connectivity index (χ1v) is 8.61. The molecule has 0 aliphatic carbocycles. The summed E-state index contributed by atoms with van der Waals surface area (Å²) in [6, 6.07) is 11.9. The van der Waals surface area contributed by atoms with Gasteiger partial charge in [-0.3, -0.25) is 14.3 Å². The van der Waals surface area contributed by atoms with Crippen LogP contribution in [0.1, 0.15) is 29.4 Å². The van der Waals surface area contributed by atoms with Gasteiger partial charge in [0, 0.05) is 42.6 Å². The first-order chi connectivity index (χ1) is 12.4. The average Bonchev–Trinajstić information content (AvgIpc) is 2.84. The van der Waals surface area contributed by atoms with E-state index in [1.165, 1.54) is 0 Å². The van der Waals surface area contributed by atoms with Crippen LogP contribution in [0, 0.1) is 0 Å². The van der Waals surface area contributed by atoms with Gasteiger partial charge < -0.3 is 11.1 Å². The number of carbonyl (C=O) groups is 2. The molecule has 1 aliphatic heterocycles. The third kappa shape index (κ3) is 2.63. The molecule has 0 bridgehead atoms. The fourth-order valence-electron chi connectivity index (χ4n) is 3.70. The number of aromatic nitrogens is 2. The summed E-state index contributed by atoms with van der Waals surface area (Å²) in [5.74, 6) is -0.309. The molecule has 0 saturated carbocycles. The molecule has 6 nitrogen and oxygen atoms in total. The number of carbonyl (C=O) groups excluding carboxylic acids is 2. The van der Waals surface area contributed by atoms with Gasteiger partial charge in [0.25, 0.3) is 5.91 Å². The Bertz CT molecular complexity index is 1050. The van der Waals surface area contributed by atoms with E-state index >= 15 is 0 Å². The van der Waals surface area contributed by atoms with Gasteiger partial charge in [-0.05, 0) is 30.2 Å².